The molecule has 2 rings (SSSR count). The molecular weight excluding hydrogens is 314 g/mol. The van der Waals surface area contributed by atoms with Gasteiger partial charge >= 0.3 is 0 Å². The summed E-state index contributed by atoms with van der Waals surface area (Å²) in [5.41, 5.74) is 3.16. The second-order valence-electron chi connectivity index (χ2n) is 5.86. The molecule has 132 valence electrons. The fourth-order valence-corrected chi connectivity index (χ4v) is 2.54. The van der Waals surface area contributed by atoms with Gasteiger partial charge in [-0.1, -0.05) is 36.8 Å². The number of amides is 1. The quantitative estimate of drug-likeness (QED) is 0.765. The Morgan fingerprint density at radius 2 is 1.68 bits per heavy atom. The van der Waals surface area contributed by atoms with Crippen molar-refractivity contribution in [2.24, 2.45) is 0 Å². The molecule has 1 N–H and O–H groups in total. The molecule has 0 spiro atoms. The molecular formula is C21H25NO3. The molecule has 0 saturated carbocycles. The maximum Gasteiger partial charge on any atom is 0.244 e. The van der Waals surface area contributed by atoms with Crippen molar-refractivity contribution in [1.82, 2.24) is 5.32 Å². The SMILES string of the molecule is CC[C@@H](NC(=O)/C=C/c1cc(OC)cc(OC)c1)c1ccc(C)cc1. The smallest absolute Gasteiger partial charge is 0.244 e. The lowest BCUT2D eigenvalue weighted by Crippen LogP contribution is -2.26. The Balaban J connectivity index is 2.07. The van der Waals surface area contributed by atoms with E-state index in [2.05, 4.69) is 43.4 Å². The maximum atomic E-state index is 12.3. The highest BCUT2D eigenvalue weighted by atomic mass is 16.5. The van der Waals surface area contributed by atoms with Crippen molar-refractivity contribution in [2.75, 3.05) is 14.2 Å². The molecule has 25 heavy (non-hydrogen) atoms. The van der Waals surface area contributed by atoms with E-state index in [0.717, 1.165) is 17.5 Å². The Morgan fingerprint density at radius 3 is 2.20 bits per heavy atom. The number of aryl methyl sites for hydroxylation is 1. The molecule has 2 aromatic rings. The molecule has 0 aliphatic carbocycles. The van der Waals surface area contributed by atoms with E-state index >= 15 is 0 Å². The Kier molecular flexibility index (Phi) is 6.63. The summed E-state index contributed by atoms with van der Waals surface area (Å²) in [6, 6.07) is 13.7. The third-order valence-corrected chi connectivity index (χ3v) is 4.01. The van der Waals surface area contributed by atoms with Crippen molar-refractivity contribution in [3.8, 4) is 11.5 Å². The van der Waals surface area contributed by atoms with Crippen LogP contribution in [-0.4, -0.2) is 20.1 Å². The monoisotopic (exact) mass is 339 g/mol. The standard InChI is InChI=1S/C21H25NO3/c1-5-20(17-9-6-15(2)7-10-17)22-21(23)11-8-16-12-18(24-3)14-19(13-16)25-4/h6-14,20H,5H2,1-4H3,(H,22,23)/b11-8+/t20-/m1/s1. The van der Waals surface area contributed by atoms with Crippen molar-refractivity contribution in [3.63, 3.8) is 0 Å². The van der Waals surface area contributed by atoms with E-state index in [0.29, 0.717) is 11.5 Å². The van der Waals surface area contributed by atoms with Crippen LogP contribution in [0.25, 0.3) is 6.08 Å². The first-order valence-corrected chi connectivity index (χ1v) is 8.34. The molecule has 0 aliphatic rings. The molecule has 0 unspecified atom stereocenters. The predicted octanol–water partition coefficient (Wildman–Crippen LogP) is 4.29. The zero-order valence-corrected chi connectivity index (χ0v) is 15.2. The van der Waals surface area contributed by atoms with Crippen LogP contribution in [0.3, 0.4) is 0 Å². The highest BCUT2D eigenvalue weighted by molar-refractivity contribution is 5.92. The minimum atomic E-state index is -0.130. The summed E-state index contributed by atoms with van der Waals surface area (Å²) in [7, 11) is 3.20. The number of carbonyl (C=O) groups excluding carboxylic acids is 1. The number of benzene rings is 2. The molecule has 0 radical (unpaired) electrons. The van der Waals surface area contributed by atoms with Crippen LogP contribution in [0, 0.1) is 6.92 Å². The highest BCUT2D eigenvalue weighted by Crippen LogP contribution is 2.23. The third kappa shape index (κ3) is 5.38. The van der Waals surface area contributed by atoms with Gasteiger partial charge in [0.1, 0.15) is 11.5 Å². The van der Waals surface area contributed by atoms with Crippen LogP contribution in [0.5, 0.6) is 11.5 Å². The topological polar surface area (TPSA) is 47.6 Å². The Hall–Kier alpha value is -2.75. The van der Waals surface area contributed by atoms with Crippen LogP contribution in [0.1, 0.15) is 36.1 Å². The molecule has 0 saturated heterocycles. The number of hydrogen-bond donors (Lipinski definition) is 1. The number of carbonyl (C=O) groups is 1. The molecule has 4 nitrogen and oxygen atoms in total. The van der Waals surface area contributed by atoms with Gasteiger partial charge in [0.05, 0.1) is 20.3 Å². The van der Waals surface area contributed by atoms with E-state index in [-0.39, 0.29) is 11.9 Å². The zero-order valence-electron chi connectivity index (χ0n) is 15.2. The van der Waals surface area contributed by atoms with Crippen molar-refractivity contribution in [1.29, 1.82) is 0 Å². The largest absolute Gasteiger partial charge is 0.497 e. The van der Waals surface area contributed by atoms with E-state index in [1.54, 1.807) is 26.4 Å². The minimum absolute atomic E-state index is 0.00223. The van der Waals surface area contributed by atoms with Gasteiger partial charge in [0, 0.05) is 12.1 Å². The number of ether oxygens (including phenoxy) is 2. The second-order valence-corrected chi connectivity index (χ2v) is 5.86. The molecule has 1 atom stereocenters. The van der Waals surface area contributed by atoms with E-state index in [1.165, 1.54) is 11.6 Å². The average Bonchev–Trinajstić information content (AvgIpc) is 2.64. The molecule has 0 bridgehead atoms. The van der Waals surface area contributed by atoms with Gasteiger partial charge in [0.2, 0.25) is 5.91 Å². The van der Waals surface area contributed by atoms with E-state index in [4.69, 9.17) is 9.47 Å². The molecule has 1 amide bonds. The summed E-state index contributed by atoms with van der Waals surface area (Å²) >= 11 is 0. The Morgan fingerprint density at radius 1 is 1.08 bits per heavy atom. The minimum Gasteiger partial charge on any atom is -0.497 e. The van der Waals surface area contributed by atoms with Gasteiger partial charge in [-0.2, -0.15) is 0 Å². The summed E-state index contributed by atoms with van der Waals surface area (Å²) in [6.07, 6.45) is 4.11. The summed E-state index contributed by atoms with van der Waals surface area (Å²) in [6.45, 7) is 4.11. The first-order chi connectivity index (χ1) is 12.0. The van der Waals surface area contributed by atoms with Gasteiger partial charge in [-0.3, -0.25) is 4.79 Å². The lowest BCUT2D eigenvalue weighted by atomic mass is 10.0. The predicted molar refractivity (Wildman–Crippen MR) is 101 cm³/mol. The number of hydrogen-bond acceptors (Lipinski definition) is 3. The van der Waals surface area contributed by atoms with Crippen molar-refractivity contribution in [2.45, 2.75) is 26.3 Å². The summed E-state index contributed by atoms with van der Waals surface area (Å²) in [5.74, 6) is 1.24. The van der Waals surface area contributed by atoms with Crippen molar-refractivity contribution >= 4 is 12.0 Å². The molecule has 0 aromatic heterocycles. The summed E-state index contributed by atoms with van der Waals surface area (Å²) in [4.78, 5) is 12.3. The van der Waals surface area contributed by atoms with Gasteiger partial charge in [-0.25, -0.2) is 0 Å². The first kappa shape index (κ1) is 18.6. The molecule has 0 fully saturated rings. The van der Waals surface area contributed by atoms with Gasteiger partial charge in [-0.15, -0.1) is 0 Å². The fraction of sp³-hybridized carbons (Fsp3) is 0.286. The van der Waals surface area contributed by atoms with Gasteiger partial charge in [0.15, 0.2) is 0 Å². The molecule has 4 heteroatoms. The third-order valence-electron chi connectivity index (χ3n) is 4.01. The van der Waals surface area contributed by atoms with Crippen molar-refractivity contribution < 1.29 is 14.3 Å². The fourth-order valence-electron chi connectivity index (χ4n) is 2.54. The first-order valence-electron chi connectivity index (χ1n) is 8.34. The maximum absolute atomic E-state index is 12.3. The van der Waals surface area contributed by atoms with E-state index in [1.807, 2.05) is 12.1 Å². The number of nitrogens with one attached hydrogen (secondary N) is 1. The number of methoxy groups -OCH3 is 2. The van der Waals surface area contributed by atoms with Gasteiger partial charge in [-0.05, 0) is 42.7 Å². The van der Waals surface area contributed by atoms with Crippen LogP contribution < -0.4 is 14.8 Å². The van der Waals surface area contributed by atoms with Crippen LogP contribution in [0.15, 0.2) is 48.5 Å². The van der Waals surface area contributed by atoms with Crippen LogP contribution in [-0.2, 0) is 4.79 Å². The molecule has 0 heterocycles. The summed E-state index contributed by atoms with van der Waals surface area (Å²) < 4.78 is 10.5. The van der Waals surface area contributed by atoms with Gasteiger partial charge in [0.25, 0.3) is 0 Å². The number of rotatable bonds is 7. The summed E-state index contributed by atoms with van der Waals surface area (Å²) in [5, 5.41) is 3.04. The van der Waals surface area contributed by atoms with Crippen LogP contribution in [0.2, 0.25) is 0 Å². The second kappa shape index (κ2) is 8.92. The van der Waals surface area contributed by atoms with E-state index < -0.39 is 0 Å². The van der Waals surface area contributed by atoms with E-state index in [9.17, 15) is 4.79 Å². The normalized spacial score (nSPS) is 12.0. The molecule has 2 aromatic carbocycles. The lowest BCUT2D eigenvalue weighted by molar-refractivity contribution is -0.117. The van der Waals surface area contributed by atoms with Crippen LogP contribution in [0.4, 0.5) is 0 Å². The molecule has 0 aliphatic heterocycles. The van der Waals surface area contributed by atoms with Crippen molar-refractivity contribution in [3.05, 3.63) is 65.2 Å². The Labute approximate surface area is 149 Å². The lowest BCUT2D eigenvalue weighted by Gasteiger charge is -2.16. The van der Waals surface area contributed by atoms with Crippen LogP contribution >= 0.6 is 0 Å². The average molecular weight is 339 g/mol. The zero-order chi connectivity index (χ0) is 18.2. The van der Waals surface area contributed by atoms with Gasteiger partial charge < -0.3 is 14.8 Å². The highest BCUT2D eigenvalue weighted by Gasteiger charge is 2.10. The Bertz CT molecular complexity index is 713.